The number of nitrogens with zero attached hydrogens (tertiary/aromatic N) is 4. The van der Waals surface area contributed by atoms with Crippen molar-refractivity contribution in [3.05, 3.63) is 34.1 Å². The lowest BCUT2D eigenvalue weighted by Gasteiger charge is -2.00. The number of hydrogen-bond donors (Lipinski definition) is 0. The van der Waals surface area contributed by atoms with E-state index < -0.39 is 16.9 Å². The number of benzene rings is 1. The maximum absolute atomic E-state index is 13.4. The minimum Gasteiger partial charge on any atom is -0.204 e. The van der Waals surface area contributed by atoms with E-state index in [0.717, 1.165) is 6.07 Å². The lowest BCUT2D eigenvalue weighted by molar-refractivity contribution is 0.619. The molecular formula is C10HFN4. The van der Waals surface area contributed by atoms with E-state index in [4.69, 9.17) is 21.0 Å². The van der Waals surface area contributed by atoms with Crippen molar-refractivity contribution in [2.24, 2.45) is 0 Å². The van der Waals surface area contributed by atoms with Gasteiger partial charge in [-0.15, -0.1) is 0 Å². The number of rotatable bonds is 0. The van der Waals surface area contributed by atoms with Crippen LogP contribution in [0.5, 0.6) is 0 Å². The predicted molar refractivity (Wildman–Crippen MR) is 45.3 cm³/mol. The predicted octanol–water partition coefficient (Wildman–Crippen LogP) is 1.31. The maximum Gasteiger partial charge on any atom is 0.161 e. The smallest absolute Gasteiger partial charge is 0.161 e. The minimum absolute atomic E-state index is 0.245. The number of hydrogen-bond acceptors (Lipinski definition) is 4. The van der Waals surface area contributed by atoms with Gasteiger partial charge in [0, 0.05) is 0 Å². The first-order chi connectivity index (χ1) is 7.19. The van der Waals surface area contributed by atoms with E-state index in [1.165, 1.54) is 12.1 Å². The van der Waals surface area contributed by atoms with E-state index in [1.54, 1.807) is 12.1 Å². The molecule has 0 amide bonds. The third kappa shape index (κ3) is 1.46. The molecule has 0 spiro atoms. The Morgan fingerprint density at radius 2 is 1.20 bits per heavy atom. The summed E-state index contributed by atoms with van der Waals surface area (Å²) in [4.78, 5) is 0. The Kier molecular flexibility index (Phi) is 2.64. The summed E-state index contributed by atoms with van der Waals surface area (Å²) in [5, 5.41) is 34.4. The van der Waals surface area contributed by atoms with Gasteiger partial charge < -0.3 is 0 Å². The van der Waals surface area contributed by atoms with Crippen molar-refractivity contribution >= 4 is 0 Å². The molecule has 0 aliphatic rings. The summed E-state index contributed by atoms with van der Waals surface area (Å²) in [5.74, 6) is -1.12. The zero-order valence-corrected chi connectivity index (χ0v) is 7.24. The molecule has 15 heavy (non-hydrogen) atoms. The highest BCUT2D eigenvalue weighted by Gasteiger charge is 2.17. The molecule has 1 rings (SSSR count). The fourth-order valence-electron chi connectivity index (χ4n) is 1.05. The monoisotopic (exact) mass is 196 g/mol. The molecule has 0 heterocycles. The second-order valence-corrected chi connectivity index (χ2v) is 2.48. The molecule has 0 aliphatic carbocycles. The Bertz CT molecular complexity index is 540. The van der Waals surface area contributed by atoms with Crippen molar-refractivity contribution < 1.29 is 4.39 Å². The second-order valence-electron chi connectivity index (χ2n) is 2.48. The van der Waals surface area contributed by atoms with Gasteiger partial charge in [0.05, 0.1) is 11.1 Å². The summed E-state index contributed by atoms with van der Waals surface area (Å²) in [6.07, 6.45) is 0. The normalized spacial score (nSPS) is 8.07. The van der Waals surface area contributed by atoms with Crippen molar-refractivity contribution in [2.45, 2.75) is 0 Å². The van der Waals surface area contributed by atoms with Gasteiger partial charge in [-0.2, -0.15) is 21.0 Å². The van der Waals surface area contributed by atoms with Gasteiger partial charge in [0.2, 0.25) is 0 Å². The molecule has 1 aromatic carbocycles. The van der Waals surface area contributed by atoms with Crippen LogP contribution in [0.2, 0.25) is 0 Å². The van der Waals surface area contributed by atoms with Gasteiger partial charge in [-0.05, 0) is 6.07 Å². The Labute approximate surface area is 84.6 Å². The second kappa shape index (κ2) is 3.88. The first-order valence-corrected chi connectivity index (χ1v) is 3.66. The van der Waals surface area contributed by atoms with Crippen LogP contribution in [-0.2, 0) is 0 Å². The highest BCUT2D eigenvalue weighted by Crippen LogP contribution is 2.20. The standard InChI is InChI=1S/C10HFN4/c11-10-8(4-14)6(2-12)1-7(3-13)9(10)5-15/h1H. The van der Waals surface area contributed by atoms with Gasteiger partial charge in [-0.1, -0.05) is 0 Å². The highest BCUT2D eigenvalue weighted by molar-refractivity contribution is 5.58. The quantitative estimate of drug-likeness (QED) is 0.624. The van der Waals surface area contributed by atoms with E-state index in [9.17, 15) is 4.39 Å². The SMILES string of the molecule is N#Cc1cc(C#N)c(C#N)c(F)c1C#N. The molecule has 0 saturated heterocycles. The fourth-order valence-corrected chi connectivity index (χ4v) is 1.05. The summed E-state index contributed by atoms with van der Waals surface area (Å²) in [6.45, 7) is 0. The summed E-state index contributed by atoms with van der Waals surface area (Å²) in [7, 11) is 0. The Morgan fingerprint density at radius 3 is 1.47 bits per heavy atom. The van der Waals surface area contributed by atoms with Crippen LogP contribution in [0.4, 0.5) is 4.39 Å². The Hall–Kier alpha value is -2.89. The van der Waals surface area contributed by atoms with Crippen LogP contribution in [0.1, 0.15) is 22.3 Å². The van der Waals surface area contributed by atoms with Gasteiger partial charge in [-0.3, -0.25) is 0 Å². The first-order valence-electron chi connectivity index (χ1n) is 3.66. The van der Waals surface area contributed by atoms with E-state index in [0.29, 0.717) is 0 Å². The molecule has 0 aliphatic heterocycles. The number of nitriles is 4. The molecule has 0 saturated carbocycles. The van der Waals surface area contributed by atoms with E-state index >= 15 is 0 Å². The molecule has 1 aromatic rings. The lowest BCUT2D eigenvalue weighted by Crippen LogP contribution is -1.98. The van der Waals surface area contributed by atoms with Gasteiger partial charge in [0.1, 0.15) is 35.4 Å². The third-order valence-corrected chi connectivity index (χ3v) is 1.73. The molecule has 0 bridgehead atoms. The van der Waals surface area contributed by atoms with Gasteiger partial charge >= 0.3 is 0 Å². The molecule has 0 atom stereocenters. The molecule has 5 heteroatoms. The average Bonchev–Trinajstić information content (AvgIpc) is 2.27. The molecular weight excluding hydrogens is 195 g/mol. The van der Waals surface area contributed by atoms with Gasteiger partial charge in [-0.25, -0.2) is 4.39 Å². The topological polar surface area (TPSA) is 95.2 Å². The van der Waals surface area contributed by atoms with Crippen LogP contribution < -0.4 is 0 Å². The van der Waals surface area contributed by atoms with E-state index in [2.05, 4.69) is 0 Å². The summed E-state index contributed by atoms with van der Waals surface area (Å²) >= 11 is 0. The molecule has 0 radical (unpaired) electrons. The van der Waals surface area contributed by atoms with Crippen LogP contribution in [0.15, 0.2) is 6.07 Å². The lowest BCUT2D eigenvalue weighted by atomic mass is 10.00. The summed E-state index contributed by atoms with van der Waals surface area (Å²) < 4.78 is 13.4. The van der Waals surface area contributed by atoms with Gasteiger partial charge in [0.25, 0.3) is 0 Å². The third-order valence-electron chi connectivity index (χ3n) is 1.73. The summed E-state index contributed by atoms with van der Waals surface area (Å²) in [5.41, 5.74) is -1.50. The molecule has 68 valence electrons. The van der Waals surface area contributed by atoms with Crippen LogP contribution in [0.25, 0.3) is 0 Å². The van der Waals surface area contributed by atoms with Crippen LogP contribution in [-0.4, -0.2) is 0 Å². The Morgan fingerprint density at radius 1 is 0.800 bits per heavy atom. The summed E-state index contributed by atoms with van der Waals surface area (Å²) in [6, 6.07) is 7.17. The van der Waals surface area contributed by atoms with Crippen molar-refractivity contribution in [2.75, 3.05) is 0 Å². The van der Waals surface area contributed by atoms with E-state index in [1.807, 2.05) is 0 Å². The van der Waals surface area contributed by atoms with Crippen molar-refractivity contribution in [1.29, 1.82) is 21.0 Å². The zero-order chi connectivity index (χ0) is 11.4. The van der Waals surface area contributed by atoms with Crippen molar-refractivity contribution in [3.8, 4) is 24.3 Å². The van der Waals surface area contributed by atoms with Crippen LogP contribution in [0, 0.1) is 51.1 Å². The zero-order valence-electron chi connectivity index (χ0n) is 7.24. The first kappa shape index (κ1) is 10.2. The average molecular weight is 196 g/mol. The number of halogens is 1. The largest absolute Gasteiger partial charge is 0.204 e. The Balaban J connectivity index is 3.80. The van der Waals surface area contributed by atoms with Crippen molar-refractivity contribution in [3.63, 3.8) is 0 Å². The fraction of sp³-hybridized carbons (Fsp3) is 0. The minimum atomic E-state index is -1.12. The maximum atomic E-state index is 13.4. The van der Waals surface area contributed by atoms with Crippen LogP contribution in [0.3, 0.4) is 0 Å². The molecule has 0 unspecified atom stereocenters. The van der Waals surface area contributed by atoms with Crippen LogP contribution >= 0.6 is 0 Å². The van der Waals surface area contributed by atoms with Gasteiger partial charge in [0.15, 0.2) is 5.82 Å². The molecule has 0 fully saturated rings. The molecule has 0 N–H and O–H groups in total. The molecule has 0 aromatic heterocycles. The van der Waals surface area contributed by atoms with E-state index in [-0.39, 0.29) is 11.1 Å². The van der Waals surface area contributed by atoms with Crippen molar-refractivity contribution in [1.82, 2.24) is 0 Å². The highest BCUT2D eigenvalue weighted by atomic mass is 19.1. The molecule has 4 nitrogen and oxygen atoms in total.